The Morgan fingerprint density at radius 3 is 1.98 bits per heavy atom. The van der Waals surface area contributed by atoms with Crippen LogP contribution in [0.25, 0.3) is 0 Å². The van der Waals surface area contributed by atoms with E-state index < -0.39 is 103 Å². The van der Waals surface area contributed by atoms with Crippen LogP contribution in [0.1, 0.15) is 105 Å². The van der Waals surface area contributed by atoms with Crippen molar-refractivity contribution in [1.29, 1.82) is 0 Å². The first-order valence-corrected chi connectivity index (χ1v) is 20.9. The summed E-state index contributed by atoms with van der Waals surface area (Å²) >= 11 is 0. The van der Waals surface area contributed by atoms with Gasteiger partial charge in [0, 0.05) is 5.92 Å². The number of fused-ring (bicyclic) bond motifs is 5. The third-order valence-electron chi connectivity index (χ3n) is 18.2. The molecular weight excluding hydrogens is 732 g/mol. The molecule has 2 bridgehead atoms. The summed E-state index contributed by atoms with van der Waals surface area (Å²) < 4.78 is 29.9. The highest BCUT2D eigenvalue weighted by atomic mass is 16.8. The molecule has 3 saturated heterocycles. The average molecular weight is 797 g/mol. The van der Waals surface area contributed by atoms with E-state index in [1.54, 1.807) is 0 Å². The van der Waals surface area contributed by atoms with Gasteiger partial charge in [-0.3, -0.25) is 4.79 Å². The number of aliphatic hydroxyl groups is 7. The van der Waals surface area contributed by atoms with Gasteiger partial charge < -0.3 is 64.5 Å². The molecule has 0 aromatic heterocycles. The summed E-state index contributed by atoms with van der Waals surface area (Å²) in [6.45, 7) is 9.84. The van der Waals surface area contributed by atoms with E-state index >= 15 is 0 Å². The molecule has 3 aliphatic heterocycles. The van der Waals surface area contributed by atoms with Gasteiger partial charge in [-0.25, -0.2) is 4.79 Å². The van der Waals surface area contributed by atoms with Gasteiger partial charge >= 0.3 is 11.9 Å². The van der Waals surface area contributed by atoms with E-state index in [1.165, 1.54) is 6.92 Å². The number of aliphatic carboxylic acids is 1. The number of carboxylic acid groups (broad SMARTS) is 1. The van der Waals surface area contributed by atoms with Crippen LogP contribution in [0, 0.1) is 50.7 Å². The molecule has 15 heteroatoms. The normalized spacial score (nSPS) is 57.7. The summed E-state index contributed by atoms with van der Waals surface area (Å²) in [7, 11) is 0. The highest BCUT2D eigenvalue weighted by Gasteiger charge is 2.82. The Bertz CT molecular complexity index is 1560. The highest BCUT2D eigenvalue weighted by Crippen LogP contribution is 2.80. The van der Waals surface area contributed by atoms with Crippen molar-refractivity contribution in [2.24, 2.45) is 50.7 Å². The molecule has 5 saturated carbocycles. The molecule has 0 radical (unpaired) electrons. The third-order valence-corrected chi connectivity index (χ3v) is 18.2. The minimum absolute atomic E-state index is 0.111. The van der Waals surface area contributed by atoms with Crippen molar-refractivity contribution in [3.05, 3.63) is 0 Å². The number of rotatable bonds is 8. The zero-order valence-corrected chi connectivity index (χ0v) is 33.3. The van der Waals surface area contributed by atoms with Crippen LogP contribution in [-0.2, 0) is 33.3 Å². The minimum atomic E-state index is -1.76. The summed E-state index contributed by atoms with van der Waals surface area (Å²) in [6.07, 6.45) is -4.35. The van der Waals surface area contributed by atoms with Gasteiger partial charge in [0.1, 0.15) is 48.1 Å². The van der Waals surface area contributed by atoms with Gasteiger partial charge in [-0.05, 0) is 111 Å². The second kappa shape index (κ2) is 13.5. The second-order valence-corrected chi connectivity index (χ2v) is 20.2. The maximum atomic E-state index is 14.3. The number of esters is 1. The number of aliphatic hydroxyl groups excluding tert-OH is 6. The van der Waals surface area contributed by atoms with Gasteiger partial charge in [0.15, 0.2) is 12.6 Å². The van der Waals surface area contributed by atoms with Crippen LogP contribution in [-0.4, -0.2) is 139 Å². The van der Waals surface area contributed by atoms with Crippen LogP contribution in [0.2, 0.25) is 0 Å². The summed E-state index contributed by atoms with van der Waals surface area (Å²) in [4.78, 5) is 26.7. The largest absolute Gasteiger partial charge is 0.478 e. The zero-order chi connectivity index (χ0) is 40.6. The van der Waals surface area contributed by atoms with Crippen LogP contribution in [0.4, 0.5) is 0 Å². The summed E-state index contributed by atoms with van der Waals surface area (Å²) in [6, 6.07) is 0. The van der Waals surface area contributed by atoms with Gasteiger partial charge in [0.25, 0.3) is 0 Å². The van der Waals surface area contributed by atoms with Crippen molar-refractivity contribution in [3.63, 3.8) is 0 Å². The van der Waals surface area contributed by atoms with Gasteiger partial charge in [-0.1, -0.05) is 34.1 Å². The van der Waals surface area contributed by atoms with Crippen molar-refractivity contribution >= 4 is 11.9 Å². The first-order valence-electron chi connectivity index (χ1n) is 20.9. The Morgan fingerprint density at radius 2 is 1.32 bits per heavy atom. The fraction of sp³-hybridized carbons (Fsp3) is 0.951. The van der Waals surface area contributed by atoms with E-state index in [0.717, 1.165) is 44.9 Å². The lowest BCUT2D eigenvalue weighted by Gasteiger charge is -2.74. The maximum absolute atomic E-state index is 14.3. The number of cyclic esters (lactones) is 1. The molecule has 15 nitrogen and oxygen atoms in total. The van der Waals surface area contributed by atoms with E-state index in [0.29, 0.717) is 31.6 Å². The number of carboxylic acids is 1. The lowest BCUT2D eigenvalue weighted by atomic mass is 9.31. The molecule has 0 amide bonds. The molecule has 318 valence electrons. The first kappa shape index (κ1) is 41.2. The van der Waals surface area contributed by atoms with Gasteiger partial charge in [-0.2, -0.15) is 0 Å². The van der Waals surface area contributed by atoms with E-state index in [9.17, 15) is 50.4 Å². The molecule has 5 aliphatic carbocycles. The van der Waals surface area contributed by atoms with Crippen LogP contribution >= 0.6 is 0 Å². The van der Waals surface area contributed by atoms with E-state index in [2.05, 4.69) is 27.7 Å². The molecule has 3 heterocycles. The topological polar surface area (TPSA) is 242 Å². The molecule has 8 fully saturated rings. The molecule has 0 spiro atoms. The van der Waals surface area contributed by atoms with Crippen molar-refractivity contribution in [1.82, 2.24) is 0 Å². The molecule has 20 atom stereocenters. The number of carbonyl (C=O) groups excluding carboxylic acids is 1. The molecule has 8 aliphatic rings. The quantitative estimate of drug-likeness (QED) is 0.161. The van der Waals surface area contributed by atoms with E-state index in [4.69, 9.17) is 23.7 Å². The van der Waals surface area contributed by atoms with Gasteiger partial charge in [-0.15, -0.1) is 0 Å². The zero-order valence-electron chi connectivity index (χ0n) is 33.3. The second-order valence-electron chi connectivity index (χ2n) is 20.2. The average Bonchev–Trinajstić information content (AvgIpc) is 3.57. The molecule has 8 rings (SSSR count). The Kier molecular flexibility index (Phi) is 9.95. The van der Waals surface area contributed by atoms with E-state index in [1.807, 2.05) is 0 Å². The monoisotopic (exact) mass is 796 g/mol. The Hall–Kier alpha value is -1.50. The molecule has 0 aromatic carbocycles. The smallest absolute Gasteiger partial charge is 0.348 e. The number of ether oxygens (including phenoxy) is 5. The fourth-order valence-electron chi connectivity index (χ4n) is 15.2. The van der Waals surface area contributed by atoms with Crippen molar-refractivity contribution < 1.29 is 74.1 Å². The summed E-state index contributed by atoms with van der Waals surface area (Å²) in [5, 5.41) is 85.2. The third kappa shape index (κ3) is 5.21. The standard InChI is InChI=1S/C41H64O15/c1-35(19-52-32-30(28(46)26(44)20(17-42)54-32)55-31-29(47)27(45)21(18-43)53-31)11-6-12-36(2)22(35)9-13-37(3)23(36)7-8-24-38(37,4)15-16-41(51)25-10-14-40(24,41)34(50)56-39(25,5)33(48)49/h20-32,42-47,51H,6-19H2,1-5H3,(H,48,49)/t20-,21+,22+,23-,24+,25-,26-,27+,28+,29-,30-,31+,32-,35-,36+,37-,38-,39-,40-,41-/m1/s1. The summed E-state index contributed by atoms with van der Waals surface area (Å²) in [5.74, 6) is -2.06. The van der Waals surface area contributed by atoms with Crippen molar-refractivity contribution in [2.75, 3.05) is 19.8 Å². The predicted molar refractivity (Wildman–Crippen MR) is 193 cm³/mol. The minimum Gasteiger partial charge on any atom is -0.478 e. The SMILES string of the molecule is C[C@]1(CO[C@@H]2O[C@H](CO)[C@@H](O)[C@H](O)[C@H]2O[C@@H]2O[C@@H](CO)[C@H](O)[C@H]2O)CCC[C@]2(C)[C@H]3CC[C@@H]4[C@]56CC[C@H]([C@](C)(C(=O)O)OC5=O)[C@]6(O)CC[C@@]4(C)[C@]3(C)CC[C@@H]12. The predicted octanol–water partition coefficient (Wildman–Crippen LogP) is 1.23. The molecule has 56 heavy (non-hydrogen) atoms. The molecular formula is C41H64O15. The first-order chi connectivity index (χ1) is 26.2. The number of hydrogen-bond acceptors (Lipinski definition) is 14. The molecule has 8 N–H and O–H groups in total. The van der Waals surface area contributed by atoms with Crippen LogP contribution in [0.5, 0.6) is 0 Å². The van der Waals surface area contributed by atoms with Crippen LogP contribution < -0.4 is 0 Å². The van der Waals surface area contributed by atoms with Crippen molar-refractivity contribution in [3.8, 4) is 0 Å². The lowest BCUT2D eigenvalue weighted by molar-refractivity contribution is -0.344. The fourth-order valence-corrected chi connectivity index (χ4v) is 15.2. The van der Waals surface area contributed by atoms with E-state index in [-0.39, 0.29) is 40.1 Å². The Balaban J connectivity index is 1.04. The van der Waals surface area contributed by atoms with Gasteiger partial charge in [0.05, 0.1) is 25.4 Å². The number of hydrogen-bond donors (Lipinski definition) is 8. The maximum Gasteiger partial charge on any atom is 0.348 e. The number of carbonyl (C=O) groups is 2. The Morgan fingerprint density at radius 1 is 0.714 bits per heavy atom. The molecule has 0 aromatic rings. The highest BCUT2D eigenvalue weighted by molar-refractivity contribution is 5.89. The van der Waals surface area contributed by atoms with Crippen LogP contribution in [0.15, 0.2) is 0 Å². The van der Waals surface area contributed by atoms with Crippen molar-refractivity contribution in [2.45, 2.75) is 172 Å². The lowest BCUT2D eigenvalue weighted by Crippen LogP contribution is -2.75. The Labute approximate surface area is 328 Å². The van der Waals surface area contributed by atoms with Crippen LogP contribution in [0.3, 0.4) is 0 Å². The van der Waals surface area contributed by atoms with Gasteiger partial charge in [0.2, 0.25) is 5.60 Å². The summed E-state index contributed by atoms with van der Waals surface area (Å²) in [5.41, 5.74) is -5.28. The molecule has 0 unspecified atom stereocenters.